The average Bonchev–Trinajstić information content (AvgIpc) is 3.26. The average molecular weight is 291 g/mol. The predicted octanol–water partition coefficient (Wildman–Crippen LogP) is 2.78. The van der Waals surface area contributed by atoms with Gasteiger partial charge < -0.3 is 10.3 Å². The molecule has 0 saturated carbocycles. The number of rotatable bonds is 3. The number of hydrogen-bond acceptors (Lipinski definition) is 3. The van der Waals surface area contributed by atoms with Crippen LogP contribution >= 0.6 is 0 Å². The Balaban J connectivity index is 1.67. The van der Waals surface area contributed by atoms with Crippen LogP contribution in [-0.4, -0.2) is 26.1 Å². The maximum absolute atomic E-state index is 12.2. The molecule has 6 heteroatoms. The molecule has 108 valence electrons. The lowest BCUT2D eigenvalue weighted by molar-refractivity contribution is -0.112. The van der Waals surface area contributed by atoms with E-state index in [9.17, 15) is 4.79 Å². The first kappa shape index (κ1) is 12.6. The number of nitrogens with zero attached hydrogens (tertiary/aromatic N) is 2. The number of H-pyrrole nitrogens is 2. The first-order valence-corrected chi connectivity index (χ1v) is 6.98. The Hall–Kier alpha value is -3.15. The summed E-state index contributed by atoms with van der Waals surface area (Å²) < 4.78 is 0. The SMILES string of the molecule is O=C(Nc1cn[nH]c1-c1nc2ccccc2[nH]1)C1=CCC=C1. The zero-order valence-electron chi connectivity index (χ0n) is 11.6. The summed E-state index contributed by atoms with van der Waals surface area (Å²) in [6.45, 7) is 0. The highest BCUT2D eigenvalue weighted by molar-refractivity contribution is 6.07. The van der Waals surface area contributed by atoms with E-state index in [-0.39, 0.29) is 5.91 Å². The van der Waals surface area contributed by atoms with Crippen LogP contribution in [0.5, 0.6) is 0 Å². The number of benzene rings is 1. The van der Waals surface area contributed by atoms with Gasteiger partial charge in [-0.05, 0) is 18.6 Å². The number of para-hydroxylation sites is 2. The molecule has 1 aromatic carbocycles. The molecule has 0 fully saturated rings. The maximum Gasteiger partial charge on any atom is 0.255 e. The Bertz CT molecular complexity index is 882. The molecule has 2 heterocycles. The molecule has 0 atom stereocenters. The summed E-state index contributed by atoms with van der Waals surface area (Å²) in [5.41, 5.74) is 3.73. The molecule has 0 bridgehead atoms. The number of nitrogens with one attached hydrogen (secondary N) is 3. The molecular weight excluding hydrogens is 278 g/mol. The van der Waals surface area contributed by atoms with Gasteiger partial charge in [0, 0.05) is 5.57 Å². The predicted molar refractivity (Wildman–Crippen MR) is 84.1 cm³/mol. The summed E-state index contributed by atoms with van der Waals surface area (Å²) in [5, 5.41) is 9.76. The first-order valence-electron chi connectivity index (χ1n) is 6.98. The summed E-state index contributed by atoms with van der Waals surface area (Å²) in [6.07, 6.45) is 8.03. The lowest BCUT2D eigenvalue weighted by atomic mass is 10.2. The lowest BCUT2D eigenvalue weighted by Crippen LogP contribution is -2.12. The van der Waals surface area contributed by atoms with E-state index in [0.29, 0.717) is 22.8 Å². The van der Waals surface area contributed by atoms with E-state index in [1.807, 2.05) is 42.5 Å². The summed E-state index contributed by atoms with van der Waals surface area (Å²) in [5.74, 6) is 0.498. The van der Waals surface area contributed by atoms with Crippen molar-refractivity contribution in [1.82, 2.24) is 20.2 Å². The van der Waals surface area contributed by atoms with Gasteiger partial charge in [0.2, 0.25) is 0 Å². The first-order chi connectivity index (χ1) is 10.8. The smallest absolute Gasteiger partial charge is 0.255 e. The van der Waals surface area contributed by atoms with Crippen molar-refractivity contribution in [2.75, 3.05) is 5.32 Å². The minimum Gasteiger partial charge on any atom is -0.337 e. The highest BCUT2D eigenvalue weighted by Gasteiger charge is 2.16. The van der Waals surface area contributed by atoms with Crippen LogP contribution in [0.1, 0.15) is 6.42 Å². The Kier molecular flexibility index (Phi) is 2.86. The molecular formula is C16H13N5O. The Labute approximate surface area is 126 Å². The van der Waals surface area contributed by atoms with Crippen LogP contribution in [0.25, 0.3) is 22.6 Å². The number of amides is 1. The molecule has 1 aliphatic carbocycles. The minimum atomic E-state index is -0.146. The van der Waals surface area contributed by atoms with Gasteiger partial charge in [-0.1, -0.05) is 30.4 Å². The van der Waals surface area contributed by atoms with Gasteiger partial charge in [0.15, 0.2) is 5.82 Å². The summed E-state index contributed by atoms with van der Waals surface area (Å²) in [4.78, 5) is 19.9. The number of anilines is 1. The minimum absolute atomic E-state index is 0.146. The highest BCUT2D eigenvalue weighted by Crippen LogP contribution is 2.25. The molecule has 0 saturated heterocycles. The van der Waals surface area contributed by atoms with E-state index in [2.05, 4.69) is 25.5 Å². The van der Waals surface area contributed by atoms with Crippen LogP contribution in [0.2, 0.25) is 0 Å². The van der Waals surface area contributed by atoms with Gasteiger partial charge in [-0.3, -0.25) is 9.89 Å². The number of hydrogen-bond donors (Lipinski definition) is 3. The van der Waals surface area contributed by atoms with Crippen LogP contribution in [0, 0.1) is 0 Å². The van der Waals surface area contributed by atoms with Crippen molar-refractivity contribution in [1.29, 1.82) is 0 Å². The zero-order valence-corrected chi connectivity index (χ0v) is 11.6. The number of carbonyl (C=O) groups is 1. The Morgan fingerprint density at radius 2 is 2.18 bits per heavy atom. The Morgan fingerprint density at radius 3 is 3.00 bits per heavy atom. The zero-order chi connectivity index (χ0) is 14.9. The molecule has 6 nitrogen and oxygen atoms in total. The quantitative estimate of drug-likeness (QED) is 0.693. The van der Waals surface area contributed by atoms with Gasteiger partial charge in [0.25, 0.3) is 5.91 Å². The van der Waals surface area contributed by atoms with E-state index in [0.717, 1.165) is 17.5 Å². The monoisotopic (exact) mass is 291 g/mol. The summed E-state index contributed by atoms with van der Waals surface area (Å²) >= 11 is 0. The van der Waals surface area contributed by atoms with Crippen molar-refractivity contribution < 1.29 is 4.79 Å². The fourth-order valence-corrected chi connectivity index (χ4v) is 2.45. The number of aromatic amines is 2. The maximum atomic E-state index is 12.2. The lowest BCUT2D eigenvalue weighted by Gasteiger charge is -2.03. The summed E-state index contributed by atoms with van der Waals surface area (Å²) in [6, 6.07) is 7.76. The number of allylic oxidation sites excluding steroid dienone is 2. The van der Waals surface area contributed by atoms with Crippen molar-refractivity contribution in [3.63, 3.8) is 0 Å². The van der Waals surface area contributed by atoms with Crippen LogP contribution in [-0.2, 0) is 4.79 Å². The molecule has 0 radical (unpaired) electrons. The van der Waals surface area contributed by atoms with Crippen molar-refractivity contribution in [3.8, 4) is 11.5 Å². The molecule has 3 aromatic rings. The molecule has 0 unspecified atom stereocenters. The van der Waals surface area contributed by atoms with E-state index in [4.69, 9.17) is 0 Å². The highest BCUT2D eigenvalue weighted by atomic mass is 16.1. The molecule has 1 aliphatic rings. The fraction of sp³-hybridized carbons (Fsp3) is 0.0625. The third kappa shape index (κ3) is 2.10. The fourth-order valence-electron chi connectivity index (χ4n) is 2.45. The summed E-state index contributed by atoms with van der Waals surface area (Å²) in [7, 11) is 0. The normalized spacial score (nSPS) is 13.5. The van der Waals surface area contributed by atoms with Crippen LogP contribution in [0.15, 0.2) is 54.3 Å². The number of aromatic nitrogens is 4. The van der Waals surface area contributed by atoms with Crippen molar-refractivity contribution in [2.45, 2.75) is 6.42 Å². The van der Waals surface area contributed by atoms with E-state index >= 15 is 0 Å². The molecule has 0 aliphatic heterocycles. The van der Waals surface area contributed by atoms with Gasteiger partial charge in [-0.25, -0.2) is 4.98 Å². The molecule has 0 spiro atoms. The standard InChI is InChI=1S/C16H13N5O/c22-16(10-5-1-2-6-10)20-13-9-17-21-14(13)15-18-11-7-3-4-8-12(11)19-15/h1,3-9H,2H2,(H,17,21)(H,18,19)(H,20,22). The second-order valence-corrected chi connectivity index (χ2v) is 5.01. The molecule has 4 rings (SSSR count). The number of carbonyl (C=O) groups excluding carboxylic acids is 1. The van der Waals surface area contributed by atoms with Crippen molar-refractivity contribution in [2.24, 2.45) is 0 Å². The third-order valence-electron chi connectivity index (χ3n) is 3.55. The number of fused-ring (bicyclic) bond motifs is 1. The van der Waals surface area contributed by atoms with Crippen LogP contribution < -0.4 is 5.32 Å². The van der Waals surface area contributed by atoms with Crippen LogP contribution in [0.4, 0.5) is 5.69 Å². The Morgan fingerprint density at radius 1 is 1.27 bits per heavy atom. The van der Waals surface area contributed by atoms with Gasteiger partial charge in [-0.2, -0.15) is 5.10 Å². The van der Waals surface area contributed by atoms with Gasteiger partial charge in [0.05, 0.1) is 22.9 Å². The van der Waals surface area contributed by atoms with Crippen LogP contribution in [0.3, 0.4) is 0 Å². The van der Waals surface area contributed by atoms with E-state index < -0.39 is 0 Å². The van der Waals surface area contributed by atoms with Crippen molar-refractivity contribution in [3.05, 3.63) is 54.3 Å². The van der Waals surface area contributed by atoms with Gasteiger partial charge >= 0.3 is 0 Å². The molecule has 2 aromatic heterocycles. The van der Waals surface area contributed by atoms with E-state index in [1.165, 1.54) is 0 Å². The van der Waals surface area contributed by atoms with Crippen molar-refractivity contribution >= 4 is 22.6 Å². The molecule has 3 N–H and O–H groups in total. The molecule has 1 amide bonds. The van der Waals surface area contributed by atoms with Gasteiger partial charge in [-0.15, -0.1) is 0 Å². The van der Waals surface area contributed by atoms with E-state index in [1.54, 1.807) is 6.20 Å². The largest absolute Gasteiger partial charge is 0.337 e. The van der Waals surface area contributed by atoms with Gasteiger partial charge in [0.1, 0.15) is 5.69 Å². The number of imidazole rings is 1. The molecule has 22 heavy (non-hydrogen) atoms. The third-order valence-corrected chi connectivity index (χ3v) is 3.55. The second kappa shape index (κ2) is 5.00. The topological polar surface area (TPSA) is 86.5 Å². The second-order valence-electron chi connectivity index (χ2n) is 5.01.